The number of nitrogens with zero attached hydrogens (tertiary/aromatic N) is 5. The van der Waals surface area contributed by atoms with E-state index in [0.29, 0.717) is 28.8 Å². The molecule has 0 saturated heterocycles. The molecule has 4 heterocycles. The fourth-order valence-electron chi connectivity index (χ4n) is 7.61. The van der Waals surface area contributed by atoms with E-state index in [1.807, 2.05) is 85.1 Å². The predicted octanol–water partition coefficient (Wildman–Crippen LogP) is 12.9. The topological polar surface area (TPSA) is 77.6 Å². The Morgan fingerprint density at radius 1 is 0.351 bits per heavy atom. The lowest BCUT2D eigenvalue weighted by molar-refractivity contribution is 0.654. The third kappa shape index (κ3) is 5.97. The molecule has 11 aromatic rings. The minimum atomic E-state index is 0.545. The first-order valence-corrected chi connectivity index (χ1v) is 18.9. The third-order valence-corrected chi connectivity index (χ3v) is 10.5. The summed E-state index contributed by atoms with van der Waals surface area (Å²) in [6, 6.07) is 62.5. The van der Waals surface area contributed by atoms with Crippen LogP contribution in [-0.4, -0.2) is 24.9 Å². The van der Waals surface area contributed by atoms with Crippen LogP contribution in [0.25, 0.3) is 111 Å². The summed E-state index contributed by atoms with van der Waals surface area (Å²) >= 11 is 0. The molecule has 6 heteroatoms. The van der Waals surface area contributed by atoms with Crippen LogP contribution in [0.1, 0.15) is 0 Å². The first-order chi connectivity index (χ1) is 28.2. The second-order valence-corrected chi connectivity index (χ2v) is 14.2. The third-order valence-electron chi connectivity index (χ3n) is 10.5. The van der Waals surface area contributed by atoms with Crippen LogP contribution in [-0.2, 0) is 0 Å². The summed E-state index contributed by atoms with van der Waals surface area (Å²) in [6.45, 7) is 0. The van der Waals surface area contributed by atoms with E-state index in [9.17, 15) is 0 Å². The molecule has 57 heavy (non-hydrogen) atoms. The Balaban J connectivity index is 1.02. The van der Waals surface area contributed by atoms with Gasteiger partial charge in [-0.05, 0) is 63.0 Å². The van der Waals surface area contributed by atoms with Crippen molar-refractivity contribution in [3.05, 3.63) is 188 Å². The van der Waals surface area contributed by atoms with E-state index >= 15 is 0 Å². The van der Waals surface area contributed by atoms with Gasteiger partial charge in [0, 0.05) is 39.6 Å². The molecule has 0 spiro atoms. The van der Waals surface area contributed by atoms with Gasteiger partial charge in [-0.15, -0.1) is 0 Å². The van der Waals surface area contributed by atoms with Gasteiger partial charge in [0.15, 0.2) is 23.1 Å². The normalized spacial score (nSPS) is 11.5. The molecule has 0 atom stereocenters. The zero-order chi connectivity index (χ0) is 37.7. The van der Waals surface area contributed by atoms with Crippen molar-refractivity contribution in [2.24, 2.45) is 0 Å². The van der Waals surface area contributed by atoms with Crippen LogP contribution in [0.2, 0.25) is 0 Å². The highest BCUT2D eigenvalue weighted by molar-refractivity contribution is 6.09. The highest BCUT2D eigenvalue weighted by atomic mass is 16.3. The number of hydrogen-bond acceptors (Lipinski definition) is 6. The maximum absolute atomic E-state index is 6.58. The van der Waals surface area contributed by atoms with Gasteiger partial charge in [0.1, 0.15) is 5.52 Å². The van der Waals surface area contributed by atoms with Gasteiger partial charge in [-0.3, -0.25) is 0 Å². The van der Waals surface area contributed by atoms with Gasteiger partial charge in [0.25, 0.3) is 0 Å². The fourth-order valence-corrected chi connectivity index (χ4v) is 7.61. The lowest BCUT2D eigenvalue weighted by Gasteiger charge is -2.09. The molecule has 0 aliphatic carbocycles. The molecule has 0 radical (unpaired) electrons. The zero-order valence-electron chi connectivity index (χ0n) is 30.5. The van der Waals surface area contributed by atoms with E-state index in [4.69, 9.17) is 29.3 Å². The van der Waals surface area contributed by atoms with E-state index in [-0.39, 0.29) is 0 Å². The van der Waals surface area contributed by atoms with E-state index < -0.39 is 0 Å². The quantitative estimate of drug-likeness (QED) is 0.159. The summed E-state index contributed by atoms with van der Waals surface area (Å²) in [5.74, 6) is 1.86. The Kier molecular flexibility index (Phi) is 7.71. The molecule has 0 saturated carbocycles. The molecule has 7 aromatic carbocycles. The second kappa shape index (κ2) is 13.5. The number of furan rings is 1. The second-order valence-electron chi connectivity index (χ2n) is 14.2. The van der Waals surface area contributed by atoms with Gasteiger partial charge >= 0.3 is 0 Å². The van der Waals surface area contributed by atoms with Crippen LogP contribution in [0.5, 0.6) is 0 Å². The molecular weight excluding hydrogens is 699 g/mol. The number of rotatable bonds is 6. The first kappa shape index (κ1) is 32.6. The molecule has 11 rings (SSSR count). The van der Waals surface area contributed by atoms with Gasteiger partial charge in [0.2, 0.25) is 5.71 Å². The summed E-state index contributed by atoms with van der Waals surface area (Å²) in [4.78, 5) is 24.7. The molecule has 4 aromatic heterocycles. The highest BCUT2D eigenvalue weighted by Crippen LogP contribution is 2.39. The lowest BCUT2D eigenvalue weighted by Crippen LogP contribution is -2.00. The molecule has 6 nitrogen and oxygen atoms in total. The molecule has 0 unspecified atom stereocenters. The van der Waals surface area contributed by atoms with Crippen molar-refractivity contribution >= 4 is 43.7 Å². The van der Waals surface area contributed by atoms with E-state index in [1.54, 1.807) is 0 Å². The van der Waals surface area contributed by atoms with Crippen LogP contribution in [0.4, 0.5) is 0 Å². The number of hydrogen-bond donors (Lipinski definition) is 0. The summed E-state index contributed by atoms with van der Waals surface area (Å²) in [5.41, 5.74) is 10.7. The molecule has 0 amide bonds. The van der Waals surface area contributed by atoms with Crippen LogP contribution in [0, 0.1) is 0 Å². The predicted molar refractivity (Wildman–Crippen MR) is 230 cm³/mol. The summed E-state index contributed by atoms with van der Waals surface area (Å²) in [6.07, 6.45) is 1.86. The monoisotopic (exact) mass is 729 g/mol. The minimum absolute atomic E-state index is 0.545. The number of aromatic nitrogens is 5. The van der Waals surface area contributed by atoms with E-state index in [2.05, 4.69) is 103 Å². The molecule has 0 aliphatic rings. The largest absolute Gasteiger partial charge is 0.435 e. The highest BCUT2D eigenvalue weighted by Gasteiger charge is 2.19. The number of benzene rings is 7. The number of pyridine rings is 2. The van der Waals surface area contributed by atoms with Crippen molar-refractivity contribution in [3.8, 4) is 67.7 Å². The maximum Gasteiger partial charge on any atom is 0.229 e. The van der Waals surface area contributed by atoms with Crippen molar-refractivity contribution in [2.75, 3.05) is 0 Å². The molecule has 266 valence electrons. The summed E-state index contributed by atoms with van der Waals surface area (Å²) in [7, 11) is 0. The Morgan fingerprint density at radius 2 is 0.860 bits per heavy atom. The van der Waals surface area contributed by atoms with Crippen LogP contribution in [0.3, 0.4) is 0 Å². The van der Waals surface area contributed by atoms with Gasteiger partial charge < -0.3 is 4.42 Å². The van der Waals surface area contributed by atoms with Gasteiger partial charge in [0.05, 0.1) is 11.1 Å². The fraction of sp³-hybridized carbons (Fsp3) is 0. The Labute approximate surface area is 327 Å². The lowest BCUT2D eigenvalue weighted by atomic mass is 9.97. The molecule has 0 bridgehead atoms. The Hall–Kier alpha value is -7.83. The average Bonchev–Trinajstić information content (AvgIpc) is 3.66. The Bertz CT molecular complexity index is 3210. The summed E-state index contributed by atoms with van der Waals surface area (Å²) < 4.78 is 6.58. The van der Waals surface area contributed by atoms with Gasteiger partial charge in [-0.2, -0.15) is 0 Å². The van der Waals surface area contributed by atoms with Crippen LogP contribution in [0.15, 0.2) is 193 Å². The standard InChI is InChI=1S/C51H31N5O/c1-4-12-33(13-5-1)45-30-43(40-25-24-39-26-37-18-10-11-19-38(37)27-41(39)28-40)47-46(53-45)44-29-42(31-52-51(44)57-47)32-20-22-36(23-21-32)50-55-48(34-14-6-2-7-15-34)54-49(56-50)35-16-8-3-9-17-35/h1-31H. The summed E-state index contributed by atoms with van der Waals surface area (Å²) in [5, 5.41) is 5.65. The van der Waals surface area contributed by atoms with E-state index in [1.165, 1.54) is 21.5 Å². The molecule has 0 fully saturated rings. The van der Waals surface area contributed by atoms with Crippen LogP contribution >= 0.6 is 0 Å². The van der Waals surface area contributed by atoms with Crippen molar-refractivity contribution < 1.29 is 4.42 Å². The number of fused-ring (bicyclic) bond motifs is 5. The molecular formula is C51H31N5O. The maximum atomic E-state index is 6.58. The smallest absolute Gasteiger partial charge is 0.229 e. The van der Waals surface area contributed by atoms with Crippen molar-refractivity contribution in [1.82, 2.24) is 24.9 Å². The molecule has 0 N–H and O–H groups in total. The van der Waals surface area contributed by atoms with Gasteiger partial charge in [-0.25, -0.2) is 24.9 Å². The van der Waals surface area contributed by atoms with Crippen molar-refractivity contribution in [3.63, 3.8) is 0 Å². The SMILES string of the molecule is c1ccc(-c2cc(-c3ccc4cc5ccccc5cc4c3)c3oc4ncc(-c5ccc(-c6nc(-c7ccccc7)nc(-c7ccccc7)n6)cc5)cc4c3n2)cc1. The zero-order valence-corrected chi connectivity index (χ0v) is 30.5. The minimum Gasteiger partial charge on any atom is -0.435 e. The van der Waals surface area contributed by atoms with Crippen LogP contribution < -0.4 is 0 Å². The Morgan fingerprint density at radius 3 is 1.49 bits per heavy atom. The van der Waals surface area contributed by atoms with Gasteiger partial charge in [-0.1, -0.05) is 152 Å². The first-order valence-electron chi connectivity index (χ1n) is 18.9. The average molecular weight is 730 g/mol. The van der Waals surface area contributed by atoms with Crippen molar-refractivity contribution in [1.29, 1.82) is 0 Å². The van der Waals surface area contributed by atoms with Crippen molar-refractivity contribution in [2.45, 2.75) is 0 Å². The van der Waals surface area contributed by atoms with E-state index in [0.717, 1.165) is 61.1 Å². The molecule has 0 aliphatic heterocycles.